The number of benzene rings is 2. The number of halogens is 1. The number of hydrogen-bond acceptors (Lipinski definition) is 7. The molecule has 0 bridgehead atoms. The Labute approximate surface area is 232 Å². The molecule has 4 aromatic rings. The van der Waals surface area contributed by atoms with Crippen LogP contribution in [-0.4, -0.2) is 23.8 Å². The zero-order valence-corrected chi connectivity index (χ0v) is 22.8. The van der Waals surface area contributed by atoms with Crippen molar-refractivity contribution in [2.45, 2.75) is 13.0 Å². The van der Waals surface area contributed by atoms with E-state index < -0.39 is 12.0 Å². The monoisotopic (exact) mass is 562 g/mol. The molecule has 0 saturated heterocycles. The molecule has 9 heteroatoms. The molecule has 0 aliphatic carbocycles. The number of thiophene rings is 1. The fraction of sp³-hybridized carbons (Fsp3) is 0.138. The van der Waals surface area contributed by atoms with E-state index in [2.05, 4.69) is 6.58 Å². The molecule has 0 N–H and O–H groups in total. The van der Waals surface area contributed by atoms with Gasteiger partial charge in [-0.3, -0.25) is 9.36 Å². The molecular weight excluding hydrogens is 540 g/mol. The zero-order valence-electron chi connectivity index (χ0n) is 20.4. The van der Waals surface area contributed by atoms with Crippen LogP contribution in [0.2, 0.25) is 5.02 Å². The van der Waals surface area contributed by atoms with E-state index in [0.29, 0.717) is 43.5 Å². The average molecular weight is 563 g/mol. The minimum atomic E-state index is -0.682. The predicted octanol–water partition coefficient (Wildman–Crippen LogP) is 5.22. The summed E-state index contributed by atoms with van der Waals surface area (Å²) < 4.78 is 13.3. The van der Waals surface area contributed by atoms with Gasteiger partial charge >= 0.3 is 5.97 Å². The van der Waals surface area contributed by atoms with Crippen LogP contribution in [0.4, 0.5) is 0 Å². The lowest BCUT2D eigenvalue weighted by Crippen LogP contribution is -2.39. The van der Waals surface area contributed by atoms with Crippen molar-refractivity contribution in [2.75, 3.05) is 13.2 Å². The Bertz CT molecular complexity index is 1700. The molecule has 0 fully saturated rings. The molecule has 1 atom stereocenters. The van der Waals surface area contributed by atoms with E-state index in [-0.39, 0.29) is 12.2 Å². The Morgan fingerprint density at radius 2 is 2.00 bits per heavy atom. The van der Waals surface area contributed by atoms with Crippen molar-refractivity contribution in [3.63, 3.8) is 0 Å². The first-order valence-corrected chi connectivity index (χ1v) is 13.9. The van der Waals surface area contributed by atoms with Gasteiger partial charge < -0.3 is 9.47 Å². The van der Waals surface area contributed by atoms with Crippen LogP contribution >= 0.6 is 34.3 Å². The SMILES string of the molecule is C=CCOc1ccc(Cl)cc1/C=c1\sc2n(c1=O)[C@H](c1cccs1)C(C(=O)OCC)=C(c1ccccc1)N=2. The van der Waals surface area contributed by atoms with Crippen LogP contribution in [0, 0.1) is 0 Å². The second kappa shape index (κ2) is 11.3. The topological polar surface area (TPSA) is 69.9 Å². The Balaban J connectivity index is 1.78. The first-order chi connectivity index (χ1) is 18.5. The van der Waals surface area contributed by atoms with Gasteiger partial charge in [-0.15, -0.1) is 11.3 Å². The third-order valence-corrected chi connectivity index (χ3v) is 7.94. The highest BCUT2D eigenvalue weighted by molar-refractivity contribution is 7.10. The van der Waals surface area contributed by atoms with Crippen LogP contribution in [0.1, 0.15) is 29.0 Å². The second-order valence-corrected chi connectivity index (χ2v) is 10.7. The molecular formula is C29H23ClN2O4S2. The average Bonchev–Trinajstić information content (AvgIpc) is 3.56. The number of ether oxygens (including phenoxy) is 2. The van der Waals surface area contributed by atoms with Gasteiger partial charge in [0.2, 0.25) is 0 Å². The smallest absolute Gasteiger partial charge is 0.338 e. The summed E-state index contributed by atoms with van der Waals surface area (Å²) in [5, 5.41) is 2.44. The number of carbonyl (C=O) groups excluding carboxylic acids is 1. The number of aromatic nitrogens is 1. The zero-order chi connectivity index (χ0) is 26.6. The molecule has 0 amide bonds. The summed E-state index contributed by atoms with van der Waals surface area (Å²) in [4.78, 5) is 33.5. The number of rotatable bonds is 8. The maximum absolute atomic E-state index is 13.9. The van der Waals surface area contributed by atoms with Crippen LogP contribution in [0.25, 0.3) is 11.8 Å². The minimum Gasteiger partial charge on any atom is -0.489 e. The number of nitrogens with zero attached hydrogens (tertiary/aromatic N) is 2. The molecule has 3 heterocycles. The van der Waals surface area contributed by atoms with Gasteiger partial charge in [0.05, 0.1) is 22.4 Å². The van der Waals surface area contributed by atoms with E-state index in [1.807, 2.05) is 47.8 Å². The second-order valence-electron chi connectivity index (χ2n) is 8.23. The van der Waals surface area contributed by atoms with Gasteiger partial charge in [0, 0.05) is 21.0 Å². The van der Waals surface area contributed by atoms with Crippen molar-refractivity contribution in [2.24, 2.45) is 4.99 Å². The fourth-order valence-electron chi connectivity index (χ4n) is 4.21. The maximum Gasteiger partial charge on any atom is 0.338 e. The molecule has 0 spiro atoms. The van der Waals surface area contributed by atoms with Crippen LogP contribution in [0.5, 0.6) is 5.75 Å². The normalized spacial score (nSPS) is 15.1. The summed E-state index contributed by atoms with van der Waals surface area (Å²) in [5.41, 5.74) is 1.98. The molecule has 0 saturated carbocycles. The molecule has 1 aliphatic heterocycles. The fourth-order valence-corrected chi connectivity index (χ4v) is 6.21. The third kappa shape index (κ3) is 5.03. The Morgan fingerprint density at radius 1 is 1.18 bits per heavy atom. The van der Waals surface area contributed by atoms with E-state index >= 15 is 0 Å². The summed E-state index contributed by atoms with van der Waals surface area (Å²) in [5.74, 6) is 0.0739. The van der Waals surface area contributed by atoms with E-state index in [0.717, 1.165) is 10.4 Å². The summed E-state index contributed by atoms with van der Waals surface area (Å²) in [6, 6.07) is 17.8. The highest BCUT2D eigenvalue weighted by atomic mass is 35.5. The van der Waals surface area contributed by atoms with E-state index in [1.54, 1.807) is 41.8 Å². The first-order valence-electron chi connectivity index (χ1n) is 11.9. The molecule has 2 aromatic carbocycles. The first kappa shape index (κ1) is 25.9. The van der Waals surface area contributed by atoms with Crippen molar-refractivity contribution in [1.82, 2.24) is 4.57 Å². The highest BCUT2D eigenvalue weighted by Gasteiger charge is 2.35. The summed E-state index contributed by atoms with van der Waals surface area (Å²) in [6.07, 6.45) is 3.39. The van der Waals surface area contributed by atoms with Crippen molar-refractivity contribution in [3.05, 3.63) is 125 Å². The largest absolute Gasteiger partial charge is 0.489 e. The Kier molecular flexibility index (Phi) is 7.74. The quantitative estimate of drug-likeness (QED) is 0.218. The maximum atomic E-state index is 13.9. The number of carbonyl (C=O) groups is 1. The van der Waals surface area contributed by atoms with Gasteiger partial charge in [0.25, 0.3) is 5.56 Å². The molecule has 6 nitrogen and oxygen atoms in total. The Hall–Kier alpha value is -3.72. The van der Waals surface area contributed by atoms with Crippen LogP contribution in [-0.2, 0) is 9.53 Å². The molecule has 1 aliphatic rings. The molecule has 192 valence electrons. The van der Waals surface area contributed by atoms with Gasteiger partial charge in [-0.25, -0.2) is 9.79 Å². The van der Waals surface area contributed by atoms with Gasteiger partial charge in [-0.2, -0.15) is 0 Å². The number of fused-ring (bicyclic) bond motifs is 1. The van der Waals surface area contributed by atoms with E-state index in [9.17, 15) is 9.59 Å². The summed E-state index contributed by atoms with van der Waals surface area (Å²) in [7, 11) is 0. The molecule has 5 rings (SSSR count). The van der Waals surface area contributed by atoms with Crippen molar-refractivity contribution >= 4 is 52.0 Å². The number of thiazole rings is 1. The van der Waals surface area contributed by atoms with E-state index in [1.165, 1.54) is 22.7 Å². The van der Waals surface area contributed by atoms with Gasteiger partial charge in [-0.1, -0.05) is 72.0 Å². The highest BCUT2D eigenvalue weighted by Crippen LogP contribution is 2.36. The lowest BCUT2D eigenvalue weighted by molar-refractivity contribution is -0.138. The number of hydrogen-bond donors (Lipinski definition) is 0. The van der Waals surface area contributed by atoms with Crippen LogP contribution < -0.4 is 19.6 Å². The van der Waals surface area contributed by atoms with Crippen molar-refractivity contribution in [3.8, 4) is 5.75 Å². The minimum absolute atomic E-state index is 0.203. The van der Waals surface area contributed by atoms with Gasteiger partial charge in [0.1, 0.15) is 18.4 Å². The predicted molar refractivity (Wildman–Crippen MR) is 153 cm³/mol. The molecule has 2 aromatic heterocycles. The van der Waals surface area contributed by atoms with Crippen molar-refractivity contribution < 1.29 is 14.3 Å². The summed E-state index contributed by atoms with van der Waals surface area (Å²) in [6.45, 7) is 5.97. The molecule has 0 unspecified atom stereocenters. The molecule has 38 heavy (non-hydrogen) atoms. The Morgan fingerprint density at radius 3 is 2.71 bits per heavy atom. The van der Waals surface area contributed by atoms with E-state index in [4.69, 9.17) is 26.1 Å². The van der Waals surface area contributed by atoms with Crippen LogP contribution in [0.3, 0.4) is 0 Å². The lowest BCUT2D eigenvalue weighted by Gasteiger charge is -2.24. The van der Waals surface area contributed by atoms with Gasteiger partial charge in [-0.05, 0) is 42.6 Å². The standard InChI is InChI=1S/C29H23ClN2O4S2/c1-3-14-36-21-13-12-20(30)16-19(21)17-23-27(33)32-26(22-11-8-15-37-22)24(28(34)35-4-2)25(31-29(32)38-23)18-9-6-5-7-10-18/h3,5-13,15-17,26H,1,4,14H2,2H3/b23-17-/t26-/m1/s1. The lowest BCUT2D eigenvalue weighted by atomic mass is 9.97. The third-order valence-electron chi connectivity index (χ3n) is 5.80. The summed E-state index contributed by atoms with van der Waals surface area (Å²) >= 11 is 8.99. The van der Waals surface area contributed by atoms with Crippen molar-refractivity contribution in [1.29, 1.82) is 0 Å². The molecule has 0 radical (unpaired) electrons. The van der Waals surface area contributed by atoms with Crippen LogP contribution in [0.15, 0.2) is 94.1 Å². The van der Waals surface area contributed by atoms with Gasteiger partial charge in [0.15, 0.2) is 4.80 Å². The number of esters is 1.